The monoisotopic (exact) mass is 202 g/mol. The predicted molar refractivity (Wildman–Crippen MR) is 57.4 cm³/mol. The first-order chi connectivity index (χ1) is 6.54. The van der Waals surface area contributed by atoms with E-state index in [0.29, 0.717) is 5.78 Å². The summed E-state index contributed by atoms with van der Waals surface area (Å²) in [5.41, 5.74) is 0. The first-order valence-corrected chi connectivity index (χ1v) is 5.25. The van der Waals surface area contributed by atoms with Crippen LogP contribution in [0, 0.1) is 0 Å². The van der Waals surface area contributed by atoms with Crippen molar-refractivity contribution in [3.63, 3.8) is 0 Å². The van der Waals surface area contributed by atoms with Crippen LogP contribution in [0.5, 0.6) is 0 Å². The van der Waals surface area contributed by atoms with Crippen LogP contribution in [0.3, 0.4) is 0 Å². The second kappa shape index (κ2) is 12.1. The SMILES string of the molecule is CC(=O)O.CCCCC(=O)CCCC. The fourth-order valence-electron chi connectivity index (χ4n) is 0.873. The molecular weight excluding hydrogens is 180 g/mol. The minimum atomic E-state index is -0.833. The average molecular weight is 202 g/mol. The third-order valence-electron chi connectivity index (χ3n) is 1.62. The van der Waals surface area contributed by atoms with Gasteiger partial charge in [-0.25, -0.2) is 0 Å². The molecule has 0 rings (SSSR count). The van der Waals surface area contributed by atoms with Gasteiger partial charge in [0.05, 0.1) is 0 Å². The maximum Gasteiger partial charge on any atom is 0.300 e. The van der Waals surface area contributed by atoms with Crippen molar-refractivity contribution in [1.29, 1.82) is 0 Å². The van der Waals surface area contributed by atoms with Crippen molar-refractivity contribution in [2.75, 3.05) is 0 Å². The zero-order valence-corrected chi connectivity index (χ0v) is 9.51. The van der Waals surface area contributed by atoms with Gasteiger partial charge in [0.1, 0.15) is 5.78 Å². The molecule has 1 N–H and O–H groups in total. The molecule has 0 aromatic rings. The second-order valence-corrected chi connectivity index (χ2v) is 3.26. The molecule has 0 unspecified atom stereocenters. The smallest absolute Gasteiger partial charge is 0.300 e. The van der Waals surface area contributed by atoms with E-state index in [1.165, 1.54) is 0 Å². The topological polar surface area (TPSA) is 54.4 Å². The molecule has 0 heterocycles. The van der Waals surface area contributed by atoms with Crippen LogP contribution in [0.4, 0.5) is 0 Å². The maximum absolute atomic E-state index is 11.0. The minimum absolute atomic E-state index is 0.448. The Morgan fingerprint density at radius 3 is 1.50 bits per heavy atom. The van der Waals surface area contributed by atoms with Gasteiger partial charge in [-0.1, -0.05) is 26.7 Å². The largest absolute Gasteiger partial charge is 0.481 e. The van der Waals surface area contributed by atoms with Crippen molar-refractivity contribution < 1.29 is 14.7 Å². The highest BCUT2D eigenvalue weighted by atomic mass is 16.4. The summed E-state index contributed by atoms with van der Waals surface area (Å²) in [6, 6.07) is 0. The molecule has 14 heavy (non-hydrogen) atoms. The van der Waals surface area contributed by atoms with Crippen LogP contribution in [0.25, 0.3) is 0 Å². The Labute approximate surface area is 86.5 Å². The second-order valence-electron chi connectivity index (χ2n) is 3.26. The zero-order valence-electron chi connectivity index (χ0n) is 9.51. The highest BCUT2D eigenvalue weighted by molar-refractivity contribution is 5.78. The van der Waals surface area contributed by atoms with E-state index in [1.807, 2.05) is 0 Å². The maximum atomic E-state index is 11.0. The fourth-order valence-corrected chi connectivity index (χ4v) is 0.873. The number of carbonyl (C=O) groups excluding carboxylic acids is 1. The number of Topliss-reactive ketones (excluding diaryl/α,β-unsaturated/α-hetero) is 1. The summed E-state index contributed by atoms with van der Waals surface area (Å²) < 4.78 is 0. The molecular formula is C11H22O3. The Hall–Kier alpha value is -0.860. The lowest BCUT2D eigenvalue weighted by atomic mass is 10.1. The van der Waals surface area contributed by atoms with Gasteiger partial charge < -0.3 is 5.11 Å². The molecule has 0 spiro atoms. The molecule has 0 saturated heterocycles. The summed E-state index contributed by atoms with van der Waals surface area (Å²) in [5, 5.41) is 7.42. The van der Waals surface area contributed by atoms with Crippen LogP contribution in [-0.2, 0) is 9.59 Å². The normalized spacial score (nSPS) is 8.79. The molecule has 0 atom stereocenters. The van der Waals surface area contributed by atoms with Gasteiger partial charge in [-0.3, -0.25) is 9.59 Å². The van der Waals surface area contributed by atoms with Gasteiger partial charge in [-0.2, -0.15) is 0 Å². The molecule has 0 aliphatic heterocycles. The highest BCUT2D eigenvalue weighted by Gasteiger charge is 1.98. The minimum Gasteiger partial charge on any atom is -0.481 e. The molecule has 0 aromatic heterocycles. The molecule has 0 amide bonds. The lowest BCUT2D eigenvalue weighted by Gasteiger charge is -1.96. The quantitative estimate of drug-likeness (QED) is 0.720. The third kappa shape index (κ3) is 22.5. The molecule has 0 aromatic carbocycles. The number of carboxylic acid groups (broad SMARTS) is 1. The van der Waals surface area contributed by atoms with Crippen molar-refractivity contribution in [2.24, 2.45) is 0 Å². The van der Waals surface area contributed by atoms with Crippen LogP contribution in [0.1, 0.15) is 59.3 Å². The Balaban J connectivity index is 0. The number of carbonyl (C=O) groups is 2. The molecule has 0 fully saturated rings. The van der Waals surface area contributed by atoms with E-state index in [2.05, 4.69) is 13.8 Å². The molecule has 0 radical (unpaired) electrons. The van der Waals surface area contributed by atoms with Crippen LogP contribution in [-0.4, -0.2) is 16.9 Å². The van der Waals surface area contributed by atoms with Crippen molar-refractivity contribution in [3.05, 3.63) is 0 Å². The first kappa shape index (κ1) is 15.6. The Kier molecular flexibility index (Phi) is 13.5. The van der Waals surface area contributed by atoms with Gasteiger partial charge in [-0.15, -0.1) is 0 Å². The summed E-state index contributed by atoms with van der Waals surface area (Å²) >= 11 is 0. The van der Waals surface area contributed by atoms with Gasteiger partial charge in [-0.05, 0) is 12.8 Å². The molecule has 0 saturated carbocycles. The average Bonchev–Trinajstić information content (AvgIpc) is 2.10. The molecule has 0 bridgehead atoms. The number of hydrogen-bond acceptors (Lipinski definition) is 2. The van der Waals surface area contributed by atoms with E-state index in [4.69, 9.17) is 9.90 Å². The standard InChI is InChI=1S/C9H18O.C2H4O2/c1-3-5-7-9(10)8-6-4-2;1-2(3)4/h3-8H2,1-2H3;1H3,(H,3,4). The molecule has 3 heteroatoms. The number of rotatable bonds is 6. The molecule has 3 nitrogen and oxygen atoms in total. The summed E-state index contributed by atoms with van der Waals surface area (Å²) in [4.78, 5) is 20.0. The number of carboxylic acids is 1. The van der Waals surface area contributed by atoms with Gasteiger partial charge in [0.25, 0.3) is 5.97 Å². The highest BCUT2D eigenvalue weighted by Crippen LogP contribution is 2.02. The van der Waals surface area contributed by atoms with E-state index in [1.54, 1.807) is 0 Å². The summed E-state index contributed by atoms with van der Waals surface area (Å²) in [6.45, 7) is 5.32. The van der Waals surface area contributed by atoms with Gasteiger partial charge in [0, 0.05) is 19.8 Å². The Bertz CT molecular complexity index is 139. The third-order valence-corrected chi connectivity index (χ3v) is 1.62. The summed E-state index contributed by atoms with van der Waals surface area (Å²) in [6.07, 6.45) is 6.02. The molecule has 0 aliphatic rings. The van der Waals surface area contributed by atoms with E-state index in [9.17, 15) is 4.79 Å². The van der Waals surface area contributed by atoms with E-state index >= 15 is 0 Å². The van der Waals surface area contributed by atoms with Crippen molar-refractivity contribution in [1.82, 2.24) is 0 Å². The Morgan fingerprint density at radius 1 is 1.00 bits per heavy atom. The lowest BCUT2D eigenvalue weighted by Crippen LogP contribution is -1.96. The van der Waals surface area contributed by atoms with Crippen LogP contribution in [0.15, 0.2) is 0 Å². The van der Waals surface area contributed by atoms with E-state index in [0.717, 1.165) is 45.4 Å². The summed E-state index contributed by atoms with van der Waals surface area (Å²) in [7, 11) is 0. The van der Waals surface area contributed by atoms with Crippen molar-refractivity contribution in [3.8, 4) is 0 Å². The molecule has 0 aliphatic carbocycles. The van der Waals surface area contributed by atoms with Gasteiger partial charge in [0.2, 0.25) is 0 Å². The van der Waals surface area contributed by atoms with Gasteiger partial charge in [0.15, 0.2) is 0 Å². The predicted octanol–water partition coefficient (Wildman–Crippen LogP) is 3.03. The van der Waals surface area contributed by atoms with Gasteiger partial charge >= 0.3 is 0 Å². The van der Waals surface area contributed by atoms with Crippen LogP contribution < -0.4 is 0 Å². The lowest BCUT2D eigenvalue weighted by molar-refractivity contribution is -0.134. The van der Waals surface area contributed by atoms with Crippen molar-refractivity contribution in [2.45, 2.75) is 59.3 Å². The summed E-state index contributed by atoms with van der Waals surface area (Å²) in [5.74, 6) is -0.385. The van der Waals surface area contributed by atoms with Crippen LogP contribution >= 0.6 is 0 Å². The molecule has 84 valence electrons. The fraction of sp³-hybridized carbons (Fsp3) is 0.818. The van der Waals surface area contributed by atoms with Crippen LogP contribution in [0.2, 0.25) is 0 Å². The van der Waals surface area contributed by atoms with E-state index < -0.39 is 5.97 Å². The number of hydrogen-bond donors (Lipinski definition) is 1. The zero-order chi connectivity index (χ0) is 11.4. The number of aliphatic carboxylic acids is 1. The Morgan fingerprint density at radius 2 is 1.29 bits per heavy atom. The number of ketones is 1. The first-order valence-electron chi connectivity index (χ1n) is 5.25. The number of unbranched alkanes of at least 4 members (excludes halogenated alkanes) is 2. The van der Waals surface area contributed by atoms with E-state index in [-0.39, 0.29) is 0 Å². The van der Waals surface area contributed by atoms with Crippen molar-refractivity contribution >= 4 is 11.8 Å².